The molecule has 1 aromatic carbocycles. The third-order valence-corrected chi connectivity index (χ3v) is 4.35. The van der Waals surface area contributed by atoms with Crippen LogP contribution >= 0.6 is 11.8 Å². The Labute approximate surface area is 118 Å². The second-order valence-electron chi connectivity index (χ2n) is 4.78. The van der Waals surface area contributed by atoms with E-state index in [1.165, 1.54) is 13.5 Å². The number of anilines is 2. The standard InChI is InChI=1S/C14H20N2O2S/c1-10-6-13(9-19-10)15-11-4-3-5-12(7-11)16-14(17)8-18-2/h3-5,7,10,13,15H,6,8-9H2,1-2H3,(H,16,17). The summed E-state index contributed by atoms with van der Waals surface area (Å²) in [5.41, 5.74) is 1.85. The van der Waals surface area contributed by atoms with Gasteiger partial charge in [-0.25, -0.2) is 0 Å². The first-order valence-electron chi connectivity index (χ1n) is 6.44. The average molecular weight is 280 g/mol. The summed E-state index contributed by atoms with van der Waals surface area (Å²) in [6.45, 7) is 2.34. The molecule has 1 heterocycles. The number of amides is 1. The summed E-state index contributed by atoms with van der Waals surface area (Å²) in [4.78, 5) is 11.5. The Kier molecular flexibility index (Phi) is 5.10. The molecule has 2 rings (SSSR count). The summed E-state index contributed by atoms with van der Waals surface area (Å²) >= 11 is 2.00. The smallest absolute Gasteiger partial charge is 0.250 e. The number of rotatable bonds is 5. The van der Waals surface area contributed by atoms with Gasteiger partial charge in [-0.2, -0.15) is 11.8 Å². The van der Waals surface area contributed by atoms with Crippen LogP contribution in [0.4, 0.5) is 11.4 Å². The van der Waals surface area contributed by atoms with Crippen LogP contribution in [0.2, 0.25) is 0 Å². The van der Waals surface area contributed by atoms with Crippen molar-refractivity contribution in [2.45, 2.75) is 24.6 Å². The maximum atomic E-state index is 11.5. The van der Waals surface area contributed by atoms with Crippen LogP contribution in [0.1, 0.15) is 13.3 Å². The van der Waals surface area contributed by atoms with Gasteiger partial charge in [0.1, 0.15) is 6.61 Å². The molecule has 0 bridgehead atoms. The van der Waals surface area contributed by atoms with Gasteiger partial charge in [0.2, 0.25) is 5.91 Å². The highest BCUT2D eigenvalue weighted by atomic mass is 32.2. The lowest BCUT2D eigenvalue weighted by molar-refractivity contribution is -0.119. The van der Waals surface area contributed by atoms with E-state index < -0.39 is 0 Å². The molecule has 19 heavy (non-hydrogen) atoms. The van der Waals surface area contributed by atoms with E-state index in [2.05, 4.69) is 17.6 Å². The summed E-state index contributed by atoms with van der Waals surface area (Å²) in [6, 6.07) is 8.33. The highest BCUT2D eigenvalue weighted by Gasteiger charge is 2.21. The predicted octanol–water partition coefficient (Wildman–Crippen LogP) is 2.58. The normalized spacial score (nSPS) is 22.2. The number of nitrogens with one attached hydrogen (secondary N) is 2. The van der Waals surface area contributed by atoms with Gasteiger partial charge < -0.3 is 15.4 Å². The van der Waals surface area contributed by atoms with Crippen LogP contribution in [0.3, 0.4) is 0 Å². The van der Waals surface area contributed by atoms with Crippen LogP contribution in [0.15, 0.2) is 24.3 Å². The topological polar surface area (TPSA) is 50.4 Å². The lowest BCUT2D eigenvalue weighted by atomic mass is 10.2. The number of hydrogen-bond donors (Lipinski definition) is 2. The maximum absolute atomic E-state index is 11.5. The summed E-state index contributed by atoms with van der Waals surface area (Å²) in [5, 5.41) is 7.05. The number of ether oxygens (including phenoxy) is 1. The van der Waals surface area contributed by atoms with Crippen LogP contribution < -0.4 is 10.6 Å². The Balaban J connectivity index is 1.93. The molecule has 4 nitrogen and oxygen atoms in total. The SMILES string of the molecule is COCC(=O)Nc1cccc(NC2CSC(C)C2)c1. The van der Waals surface area contributed by atoms with Crippen molar-refractivity contribution in [3.05, 3.63) is 24.3 Å². The fraction of sp³-hybridized carbons (Fsp3) is 0.500. The fourth-order valence-electron chi connectivity index (χ4n) is 2.17. The number of thioether (sulfide) groups is 1. The number of hydrogen-bond acceptors (Lipinski definition) is 4. The quantitative estimate of drug-likeness (QED) is 0.870. The number of carbonyl (C=O) groups is 1. The molecule has 0 saturated carbocycles. The zero-order chi connectivity index (χ0) is 13.7. The zero-order valence-corrected chi connectivity index (χ0v) is 12.1. The van der Waals surface area contributed by atoms with Crippen LogP contribution in [0.25, 0.3) is 0 Å². The van der Waals surface area contributed by atoms with Crippen LogP contribution in [-0.2, 0) is 9.53 Å². The predicted molar refractivity (Wildman–Crippen MR) is 80.9 cm³/mol. The highest BCUT2D eigenvalue weighted by Crippen LogP contribution is 2.28. The number of benzene rings is 1. The molecular formula is C14H20N2O2S. The van der Waals surface area contributed by atoms with Gasteiger partial charge in [0.15, 0.2) is 0 Å². The molecule has 1 aliphatic heterocycles. The van der Waals surface area contributed by atoms with Crippen molar-refractivity contribution in [2.75, 3.05) is 30.1 Å². The van der Waals surface area contributed by atoms with Crippen molar-refractivity contribution in [3.63, 3.8) is 0 Å². The van der Waals surface area contributed by atoms with Crippen molar-refractivity contribution < 1.29 is 9.53 Å². The number of methoxy groups -OCH3 is 1. The monoisotopic (exact) mass is 280 g/mol. The second kappa shape index (κ2) is 6.82. The van der Waals surface area contributed by atoms with E-state index >= 15 is 0 Å². The molecule has 2 unspecified atom stereocenters. The van der Waals surface area contributed by atoms with Crippen molar-refractivity contribution >= 4 is 29.0 Å². The molecule has 2 atom stereocenters. The first-order chi connectivity index (χ1) is 9.17. The molecule has 1 saturated heterocycles. The van der Waals surface area contributed by atoms with Crippen molar-refractivity contribution in [1.82, 2.24) is 0 Å². The molecule has 1 fully saturated rings. The Bertz CT molecular complexity index is 439. The Hall–Kier alpha value is -1.20. The van der Waals surface area contributed by atoms with Gasteiger partial charge in [-0.1, -0.05) is 13.0 Å². The fourth-order valence-corrected chi connectivity index (χ4v) is 3.32. The first kappa shape index (κ1) is 14.2. The Morgan fingerprint density at radius 3 is 2.95 bits per heavy atom. The molecule has 0 radical (unpaired) electrons. The lowest BCUT2D eigenvalue weighted by Gasteiger charge is -2.14. The summed E-state index contributed by atoms with van der Waals surface area (Å²) < 4.78 is 4.80. The summed E-state index contributed by atoms with van der Waals surface area (Å²) in [7, 11) is 1.51. The highest BCUT2D eigenvalue weighted by molar-refractivity contribution is 8.00. The Morgan fingerprint density at radius 2 is 2.26 bits per heavy atom. The van der Waals surface area contributed by atoms with Crippen molar-refractivity contribution in [3.8, 4) is 0 Å². The first-order valence-corrected chi connectivity index (χ1v) is 7.49. The van der Waals surface area contributed by atoms with Gasteiger partial charge in [-0.15, -0.1) is 0 Å². The van der Waals surface area contributed by atoms with Gasteiger partial charge in [-0.3, -0.25) is 4.79 Å². The Morgan fingerprint density at radius 1 is 1.47 bits per heavy atom. The average Bonchev–Trinajstić information content (AvgIpc) is 2.75. The third kappa shape index (κ3) is 4.44. The van der Waals surface area contributed by atoms with E-state index in [9.17, 15) is 4.79 Å². The molecule has 1 amide bonds. The molecule has 1 aliphatic rings. The third-order valence-electron chi connectivity index (χ3n) is 2.99. The molecule has 0 aliphatic carbocycles. The lowest BCUT2D eigenvalue weighted by Crippen LogP contribution is -2.20. The van der Waals surface area contributed by atoms with E-state index in [0.717, 1.165) is 22.4 Å². The minimum Gasteiger partial charge on any atom is -0.381 e. The molecule has 2 N–H and O–H groups in total. The van der Waals surface area contributed by atoms with E-state index in [0.29, 0.717) is 6.04 Å². The van der Waals surface area contributed by atoms with Crippen LogP contribution in [0.5, 0.6) is 0 Å². The second-order valence-corrected chi connectivity index (χ2v) is 6.25. The molecule has 5 heteroatoms. The summed E-state index contributed by atoms with van der Waals surface area (Å²) in [5.74, 6) is 1.01. The minimum atomic E-state index is -0.135. The zero-order valence-electron chi connectivity index (χ0n) is 11.3. The molecule has 0 aromatic heterocycles. The van der Waals surface area contributed by atoms with Crippen LogP contribution in [0, 0.1) is 0 Å². The van der Waals surface area contributed by atoms with Gasteiger partial charge in [0.05, 0.1) is 0 Å². The van der Waals surface area contributed by atoms with Crippen molar-refractivity contribution in [1.29, 1.82) is 0 Å². The maximum Gasteiger partial charge on any atom is 0.250 e. The van der Waals surface area contributed by atoms with Gasteiger partial charge in [0.25, 0.3) is 0 Å². The van der Waals surface area contributed by atoms with E-state index in [-0.39, 0.29) is 12.5 Å². The van der Waals surface area contributed by atoms with Gasteiger partial charge in [-0.05, 0) is 24.6 Å². The number of carbonyl (C=O) groups excluding carboxylic acids is 1. The minimum absolute atomic E-state index is 0.0778. The van der Waals surface area contributed by atoms with Gasteiger partial charge in [0, 0.05) is 35.5 Å². The molecule has 0 spiro atoms. The van der Waals surface area contributed by atoms with E-state index in [1.54, 1.807) is 0 Å². The largest absolute Gasteiger partial charge is 0.381 e. The van der Waals surface area contributed by atoms with Crippen LogP contribution in [-0.4, -0.2) is 36.7 Å². The van der Waals surface area contributed by atoms with Crippen molar-refractivity contribution in [2.24, 2.45) is 0 Å². The summed E-state index contributed by atoms with van der Waals surface area (Å²) in [6.07, 6.45) is 1.19. The van der Waals surface area contributed by atoms with E-state index in [4.69, 9.17) is 4.74 Å². The van der Waals surface area contributed by atoms with E-state index in [1.807, 2.05) is 36.0 Å². The molecule has 104 valence electrons. The van der Waals surface area contributed by atoms with Gasteiger partial charge >= 0.3 is 0 Å². The molecule has 1 aromatic rings. The molecular weight excluding hydrogens is 260 g/mol.